The molecular weight excluding hydrogens is 529 g/mol. The van der Waals surface area contributed by atoms with Crippen LogP contribution in [0.1, 0.15) is 5.56 Å². The summed E-state index contributed by atoms with van der Waals surface area (Å²) in [7, 11) is 0. The van der Waals surface area contributed by atoms with Gasteiger partial charge in [0.05, 0.1) is 12.0 Å². The smallest absolute Gasteiger partial charge is 0.250 e. The molecule has 0 spiro atoms. The summed E-state index contributed by atoms with van der Waals surface area (Å²) < 4.78 is 16.4. The maximum absolute atomic E-state index is 13.8. The van der Waals surface area contributed by atoms with Crippen molar-refractivity contribution in [3.05, 3.63) is 93.7 Å². The average Bonchev–Trinajstić information content (AvgIpc) is 3.25. The van der Waals surface area contributed by atoms with E-state index >= 15 is 0 Å². The number of nitrogens with zero attached hydrogens (tertiary/aromatic N) is 4. The third kappa shape index (κ3) is 5.87. The summed E-state index contributed by atoms with van der Waals surface area (Å²) in [4.78, 5) is 12.3. The first-order valence-corrected chi connectivity index (χ1v) is 11.8. The van der Waals surface area contributed by atoms with Crippen molar-refractivity contribution in [3.63, 3.8) is 0 Å². The van der Waals surface area contributed by atoms with E-state index in [9.17, 15) is 9.18 Å². The van der Waals surface area contributed by atoms with Crippen LogP contribution in [-0.4, -0.2) is 32.6 Å². The quantitative estimate of drug-likeness (QED) is 0.183. The second-order valence-electron chi connectivity index (χ2n) is 6.73. The van der Waals surface area contributed by atoms with Crippen LogP contribution in [0.25, 0.3) is 17.1 Å². The highest BCUT2D eigenvalue weighted by molar-refractivity contribution is 9.10. The molecule has 0 saturated carbocycles. The van der Waals surface area contributed by atoms with E-state index in [-0.39, 0.29) is 17.2 Å². The van der Waals surface area contributed by atoms with E-state index in [1.54, 1.807) is 24.3 Å². The number of aromatic nitrogens is 3. The van der Waals surface area contributed by atoms with Gasteiger partial charge in [0.15, 0.2) is 11.0 Å². The molecule has 1 heterocycles. The lowest BCUT2D eigenvalue weighted by molar-refractivity contribution is -0.118. The Balaban J connectivity index is 1.50. The minimum atomic E-state index is -0.434. The predicted octanol–water partition coefficient (Wildman–Crippen LogP) is 5.73. The molecule has 3 aromatic carbocycles. The van der Waals surface area contributed by atoms with Gasteiger partial charge in [-0.05, 0) is 54.6 Å². The topological polar surface area (TPSA) is 72.2 Å². The van der Waals surface area contributed by atoms with Crippen LogP contribution in [0.3, 0.4) is 0 Å². The van der Waals surface area contributed by atoms with E-state index in [0.29, 0.717) is 20.5 Å². The lowest BCUT2D eigenvalue weighted by atomic mass is 10.2. The Kier molecular flexibility index (Phi) is 7.54. The summed E-state index contributed by atoms with van der Waals surface area (Å²) in [6, 6.07) is 21.4. The lowest BCUT2D eigenvalue weighted by Gasteiger charge is -2.10. The number of carbonyl (C=O) groups excluding carboxylic acids is 1. The zero-order valence-corrected chi connectivity index (χ0v) is 20.1. The van der Waals surface area contributed by atoms with Gasteiger partial charge in [-0.2, -0.15) is 5.10 Å². The zero-order chi connectivity index (χ0) is 23.2. The Bertz CT molecular complexity index is 1300. The van der Waals surface area contributed by atoms with Crippen LogP contribution < -0.4 is 5.43 Å². The minimum Gasteiger partial charge on any atom is -0.272 e. The van der Waals surface area contributed by atoms with Gasteiger partial charge in [0, 0.05) is 26.3 Å². The van der Waals surface area contributed by atoms with Crippen LogP contribution in [0, 0.1) is 5.82 Å². The van der Waals surface area contributed by atoms with Crippen LogP contribution in [0.2, 0.25) is 5.02 Å². The fourth-order valence-corrected chi connectivity index (χ4v) is 4.16. The van der Waals surface area contributed by atoms with Crippen molar-refractivity contribution in [2.24, 2.45) is 5.10 Å². The monoisotopic (exact) mass is 543 g/mol. The lowest BCUT2D eigenvalue weighted by Crippen LogP contribution is -2.20. The SMILES string of the molecule is O=C(CSc1nnc(-c2ccc(Cl)cc2)n1-c1ccccc1)N/N=C\c1cc(Br)ccc1F. The van der Waals surface area contributed by atoms with E-state index in [0.717, 1.165) is 11.3 Å². The summed E-state index contributed by atoms with van der Waals surface area (Å²) in [5.41, 5.74) is 4.37. The fourth-order valence-electron chi connectivity index (χ4n) is 2.91. The molecule has 0 radical (unpaired) electrons. The van der Waals surface area contributed by atoms with Crippen molar-refractivity contribution in [2.75, 3.05) is 5.75 Å². The zero-order valence-electron chi connectivity index (χ0n) is 17.0. The van der Waals surface area contributed by atoms with Crippen LogP contribution in [-0.2, 0) is 4.79 Å². The number of para-hydroxylation sites is 1. The van der Waals surface area contributed by atoms with Crippen LogP contribution in [0.4, 0.5) is 4.39 Å². The van der Waals surface area contributed by atoms with Crippen molar-refractivity contribution >= 4 is 51.4 Å². The molecule has 0 aliphatic carbocycles. The van der Waals surface area contributed by atoms with Gasteiger partial charge < -0.3 is 0 Å². The maximum atomic E-state index is 13.8. The van der Waals surface area contributed by atoms with Gasteiger partial charge >= 0.3 is 0 Å². The number of thioether (sulfide) groups is 1. The molecule has 6 nitrogen and oxygen atoms in total. The van der Waals surface area contributed by atoms with E-state index in [4.69, 9.17) is 11.6 Å². The Morgan fingerprint density at radius 3 is 2.64 bits per heavy atom. The van der Waals surface area contributed by atoms with Crippen LogP contribution >= 0.6 is 39.3 Å². The first kappa shape index (κ1) is 23.2. The Hall–Kier alpha value is -3.01. The molecule has 4 aromatic rings. The molecule has 4 rings (SSSR count). The maximum Gasteiger partial charge on any atom is 0.250 e. The van der Waals surface area contributed by atoms with Crippen molar-refractivity contribution in [1.82, 2.24) is 20.2 Å². The Morgan fingerprint density at radius 1 is 1.12 bits per heavy atom. The molecule has 166 valence electrons. The highest BCUT2D eigenvalue weighted by atomic mass is 79.9. The predicted molar refractivity (Wildman–Crippen MR) is 132 cm³/mol. The molecular formula is C23H16BrClFN5OS. The van der Waals surface area contributed by atoms with Gasteiger partial charge in [-0.1, -0.05) is 57.5 Å². The van der Waals surface area contributed by atoms with Crippen molar-refractivity contribution in [2.45, 2.75) is 5.16 Å². The molecule has 0 unspecified atom stereocenters. The van der Waals surface area contributed by atoms with Gasteiger partial charge in [0.2, 0.25) is 0 Å². The molecule has 0 atom stereocenters. The highest BCUT2D eigenvalue weighted by Gasteiger charge is 2.17. The normalized spacial score (nSPS) is 11.1. The minimum absolute atomic E-state index is 0.0455. The molecule has 0 bridgehead atoms. The highest BCUT2D eigenvalue weighted by Crippen LogP contribution is 2.28. The molecule has 1 N–H and O–H groups in total. The van der Waals surface area contributed by atoms with Gasteiger partial charge in [0.1, 0.15) is 5.82 Å². The standard InChI is InChI=1S/C23H16BrClFN5OS/c24-17-8-11-20(26)16(12-17)13-27-28-21(32)14-33-23-30-29-22(15-6-9-18(25)10-7-15)31(23)19-4-2-1-3-5-19/h1-13H,14H2,(H,28,32)/b27-13-. The second-order valence-corrected chi connectivity index (χ2v) is 9.03. The van der Waals surface area contributed by atoms with Crippen LogP contribution in [0.15, 0.2) is 87.5 Å². The third-order valence-electron chi connectivity index (χ3n) is 4.43. The first-order valence-electron chi connectivity index (χ1n) is 9.68. The number of nitrogens with one attached hydrogen (secondary N) is 1. The van der Waals surface area contributed by atoms with Gasteiger partial charge in [-0.3, -0.25) is 9.36 Å². The Labute approximate surface area is 207 Å². The Morgan fingerprint density at radius 2 is 1.88 bits per heavy atom. The van der Waals surface area contributed by atoms with Gasteiger partial charge in [-0.25, -0.2) is 9.82 Å². The number of amides is 1. The first-order chi connectivity index (χ1) is 16.0. The number of halogens is 3. The summed E-state index contributed by atoms with van der Waals surface area (Å²) in [6.45, 7) is 0. The summed E-state index contributed by atoms with van der Waals surface area (Å²) in [5.74, 6) is -0.119. The molecule has 0 saturated heterocycles. The van der Waals surface area contributed by atoms with Gasteiger partial charge in [0.25, 0.3) is 5.91 Å². The molecule has 33 heavy (non-hydrogen) atoms. The van der Waals surface area contributed by atoms with E-state index in [2.05, 4.69) is 36.7 Å². The second kappa shape index (κ2) is 10.7. The number of rotatable bonds is 7. The molecule has 10 heteroatoms. The third-order valence-corrected chi connectivity index (χ3v) is 6.11. The number of benzene rings is 3. The van der Waals surface area contributed by atoms with Crippen molar-refractivity contribution in [1.29, 1.82) is 0 Å². The number of hydrogen-bond donors (Lipinski definition) is 1. The van der Waals surface area contributed by atoms with Crippen molar-refractivity contribution < 1.29 is 9.18 Å². The number of hydrogen-bond acceptors (Lipinski definition) is 5. The molecule has 1 amide bonds. The van der Waals surface area contributed by atoms with E-state index in [1.165, 1.54) is 24.0 Å². The largest absolute Gasteiger partial charge is 0.272 e. The summed E-state index contributed by atoms with van der Waals surface area (Å²) in [6.07, 6.45) is 1.26. The number of carbonyl (C=O) groups is 1. The van der Waals surface area contributed by atoms with Crippen LogP contribution in [0.5, 0.6) is 0 Å². The number of hydrazone groups is 1. The molecule has 0 aliphatic rings. The van der Waals surface area contributed by atoms with Gasteiger partial charge in [-0.15, -0.1) is 10.2 Å². The molecule has 1 aromatic heterocycles. The van der Waals surface area contributed by atoms with E-state index < -0.39 is 5.82 Å². The summed E-state index contributed by atoms with van der Waals surface area (Å²) >= 11 is 10.5. The fraction of sp³-hybridized carbons (Fsp3) is 0.0435. The van der Waals surface area contributed by atoms with E-state index in [1.807, 2.05) is 47.0 Å². The average molecular weight is 545 g/mol. The molecule has 0 fully saturated rings. The molecule has 0 aliphatic heterocycles. The summed E-state index contributed by atoms with van der Waals surface area (Å²) in [5, 5.41) is 13.6. The van der Waals surface area contributed by atoms with Crippen molar-refractivity contribution in [3.8, 4) is 17.1 Å².